The Morgan fingerprint density at radius 1 is 0.757 bits per heavy atom. The monoisotopic (exact) mass is 558 g/mol. The molecular weight excluding hydrogens is 540 g/mol. The highest BCUT2D eigenvalue weighted by atomic mass is 35.5. The van der Waals surface area contributed by atoms with Gasteiger partial charge in [-0.1, -0.05) is 41.4 Å². The van der Waals surface area contributed by atoms with Crippen LogP contribution in [0, 0.1) is 6.92 Å². The summed E-state index contributed by atoms with van der Waals surface area (Å²) in [6.45, 7) is 1.84. The second-order valence-electron chi connectivity index (χ2n) is 8.07. The molecule has 0 aliphatic heterocycles. The fourth-order valence-corrected chi connectivity index (χ4v) is 4.89. The quantitative estimate of drug-likeness (QED) is 0.213. The number of carbonyl (C=O) groups is 1. The molecule has 8 nitrogen and oxygen atoms in total. The standard InChI is InChI=1S/C26H19ClO8S2/c1-16-2-12-23(27)22(14-16)26(28)18-3-8-20(9-4-18)35-24-13-7-19(15-25(24)37(32,33)34)17-5-10-21(11-6-17)36(29,30)31/h2-15H,1H3,(H,29,30,31)(H,32,33,34). The molecule has 190 valence electrons. The van der Waals surface area contributed by atoms with Crippen molar-refractivity contribution in [3.05, 3.63) is 107 Å². The molecule has 0 aliphatic rings. The third kappa shape index (κ3) is 6.07. The van der Waals surface area contributed by atoms with E-state index >= 15 is 0 Å². The summed E-state index contributed by atoms with van der Waals surface area (Å²) < 4.78 is 71.2. The first-order chi connectivity index (χ1) is 17.3. The fourth-order valence-electron chi connectivity index (χ4n) is 3.56. The summed E-state index contributed by atoms with van der Waals surface area (Å²) in [5, 5.41) is 0.321. The van der Waals surface area contributed by atoms with Crippen LogP contribution in [-0.2, 0) is 20.2 Å². The normalized spacial score (nSPS) is 11.8. The molecule has 0 radical (unpaired) electrons. The van der Waals surface area contributed by atoms with Gasteiger partial charge >= 0.3 is 0 Å². The highest BCUT2D eigenvalue weighted by molar-refractivity contribution is 7.86. The number of aryl methyl sites for hydroxylation is 1. The zero-order valence-corrected chi connectivity index (χ0v) is 21.5. The zero-order chi connectivity index (χ0) is 27.0. The van der Waals surface area contributed by atoms with Crippen LogP contribution < -0.4 is 4.74 Å². The number of carbonyl (C=O) groups excluding carboxylic acids is 1. The lowest BCUT2D eigenvalue weighted by Crippen LogP contribution is -2.03. The molecule has 0 bridgehead atoms. The van der Waals surface area contributed by atoms with Gasteiger partial charge in [0, 0.05) is 11.1 Å². The average molecular weight is 559 g/mol. The van der Waals surface area contributed by atoms with Crippen LogP contribution in [-0.4, -0.2) is 31.7 Å². The molecule has 4 aromatic rings. The number of ketones is 1. The lowest BCUT2D eigenvalue weighted by Gasteiger charge is -2.12. The minimum atomic E-state index is -4.71. The van der Waals surface area contributed by atoms with Crippen molar-refractivity contribution in [3.8, 4) is 22.6 Å². The maximum Gasteiger partial charge on any atom is 0.298 e. The Labute approximate surface area is 218 Å². The summed E-state index contributed by atoms with van der Waals surface area (Å²) >= 11 is 6.16. The van der Waals surface area contributed by atoms with Crippen LogP contribution in [0.1, 0.15) is 21.5 Å². The van der Waals surface area contributed by atoms with Crippen molar-refractivity contribution in [1.29, 1.82) is 0 Å². The maximum absolute atomic E-state index is 12.8. The van der Waals surface area contributed by atoms with E-state index in [1.54, 1.807) is 18.2 Å². The first-order valence-electron chi connectivity index (χ1n) is 10.6. The molecule has 37 heavy (non-hydrogen) atoms. The average Bonchev–Trinajstić information content (AvgIpc) is 2.85. The summed E-state index contributed by atoms with van der Waals surface area (Å²) in [7, 11) is -9.10. The summed E-state index contributed by atoms with van der Waals surface area (Å²) in [5.74, 6) is -0.244. The van der Waals surface area contributed by atoms with Gasteiger partial charge in [-0.15, -0.1) is 0 Å². The zero-order valence-electron chi connectivity index (χ0n) is 19.1. The van der Waals surface area contributed by atoms with Crippen LogP contribution in [0.2, 0.25) is 5.02 Å². The predicted octanol–water partition coefficient (Wildman–Crippen LogP) is 5.83. The predicted molar refractivity (Wildman–Crippen MR) is 138 cm³/mol. The van der Waals surface area contributed by atoms with Crippen LogP contribution in [0.4, 0.5) is 0 Å². The molecule has 0 saturated heterocycles. The number of hydrogen-bond donors (Lipinski definition) is 2. The van der Waals surface area contributed by atoms with Crippen molar-refractivity contribution < 1.29 is 35.5 Å². The van der Waals surface area contributed by atoms with E-state index in [0.717, 1.165) is 17.7 Å². The van der Waals surface area contributed by atoms with Gasteiger partial charge in [0.15, 0.2) is 5.78 Å². The minimum absolute atomic E-state index is 0.165. The van der Waals surface area contributed by atoms with Gasteiger partial charge in [0.1, 0.15) is 16.4 Å². The second kappa shape index (κ2) is 10.1. The smallest absolute Gasteiger partial charge is 0.298 e. The van der Waals surface area contributed by atoms with Gasteiger partial charge in [-0.25, -0.2) is 0 Å². The van der Waals surface area contributed by atoms with Crippen molar-refractivity contribution in [2.75, 3.05) is 0 Å². The fraction of sp³-hybridized carbons (Fsp3) is 0.0385. The van der Waals surface area contributed by atoms with E-state index in [4.69, 9.17) is 20.9 Å². The Bertz CT molecular complexity index is 1710. The molecule has 4 rings (SSSR count). The van der Waals surface area contributed by atoms with Crippen molar-refractivity contribution in [2.24, 2.45) is 0 Å². The molecule has 0 unspecified atom stereocenters. The second-order valence-corrected chi connectivity index (χ2v) is 11.3. The van der Waals surface area contributed by atoms with Gasteiger partial charge in [-0.2, -0.15) is 16.8 Å². The lowest BCUT2D eigenvalue weighted by molar-refractivity contribution is 0.103. The van der Waals surface area contributed by atoms with Gasteiger partial charge in [0.2, 0.25) is 0 Å². The highest BCUT2D eigenvalue weighted by Crippen LogP contribution is 2.34. The van der Waals surface area contributed by atoms with E-state index in [0.29, 0.717) is 27.3 Å². The summed E-state index contributed by atoms with van der Waals surface area (Å²) in [6.07, 6.45) is 0. The minimum Gasteiger partial charge on any atom is -0.456 e. The molecule has 2 N–H and O–H groups in total. The molecule has 11 heteroatoms. The van der Waals surface area contributed by atoms with Gasteiger partial charge < -0.3 is 4.74 Å². The topological polar surface area (TPSA) is 135 Å². The molecule has 4 aromatic carbocycles. The number of benzene rings is 4. The highest BCUT2D eigenvalue weighted by Gasteiger charge is 2.20. The van der Waals surface area contributed by atoms with E-state index < -0.39 is 25.1 Å². The maximum atomic E-state index is 12.8. The van der Waals surface area contributed by atoms with E-state index in [2.05, 4.69) is 0 Å². The van der Waals surface area contributed by atoms with Crippen LogP contribution in [0.15, 0.2) is 94.7 Å². The van der Waals surface area contributed by atoms with Gasteiger partial charge in [0.05, 0.1) is 9.92 Å². The third-order valence-corrected chi connectivity index (χ3v) is 7.49. The third-order valence-electron chi connectivity index (χ3n) is 5.42. The SMILES string of the molecule is Cc1ccc(Cl)c(C(=O)c2ccc(Oc3ccc(-c4ccc(S(=O)(=O)O)cc4)cc3S(=O)(=O)O)cc2)c1. The van der Waals surface area contributed by atoms with E-state index in [-0.39, 0.29) is 22.2 Å². The number of hydrogen-bond acceptors (Lipinski definition) is 6. The molecule has 0 aliphatic carbocycles. The Balaban J connectivity index is 1.62. The first-order valence-corrected chi connectivity index (χ1v) is 13.9. The number of ether oxygens (including phenoxy) is 1. The Morgan fingerprint density at radius 2 is 1.38 bits per heavy atom. The lowest BCUT2D eigenvalue weighted by atomic mass is 10.0. The van der Waals surface area contributed by atoms with Gasteiger partial charge in [-0.3, -0.25) is 13.9 Å². The van der Waals surface area contributed by atoms with Crippen molar-refractivity contribution >= 4 is 37.6 Å². The number of halogens is 1. The molecule has 0 saturated carbocycles. The summed E-state index contributed by atoms with van der Waals surface area (Å²) in [5.41, 5.74) is 2.35. The molecule has 0 atom stereocenters. The summed E-state index contributed by atoms with van der Waals surface area (Å²) in [6, 6.07) is 20.2. The Morgan fingerprint density at radius 3 is 1.97 bits per heavy atom. The first kappa shape index (κ1) is 26.5. The van der Waals surface area contributed by atoms with E-state index in [1.165, 1.54) is 54.6 Å². The van der Waals surface area contributed by atoms with Crippen LogP contribution >= 0.6 is 11.6 Å². The summed E-state index contributed by atoms with van der Waals surface area (Å²) in [4.78, 5) is 12.0. The van der Waals surface area contributed by atoms with Gasteiger partial charge in [0.25, 0.3) is 20.2 Å². The molecule has 0 spiro atoms. The van der Waals surface area contributed by atoms with Crippen LogP contribution in [0.25, 0.3) is 11.1 Å². The molecular formula is C26H19ClO8S2. The van der Waals surface area contributed by atoms with E-state index in [1.807, 2.05) is 6.92 Å². The van der Waals surface area contributed by atoms with Crippen molar-refractivity contribution in [2.45, 2.75) is 16.7 Å². The van der Waals surface area contributed by atoms with E-state index in [9.17, 15) is 26.2 Å². The largest absolute Gasteiger partial charge is 0.456 e. The Kier molecular flexibility index (Phi) is 7.22. The van der Waals surface area contributed by atoms with Gasteiger partial charge in [-0.05, 0) is 78.7 Å². The van der Waals surface area contributed by atoms with Crippen molar-refractivity contribution in [3.63, 3.8) is 0 Å². The molecule has 0 heterocycles. The Hall–Kier alpha value is -3.54. The van der Waals surface area contributed by atoms with Crippen molar-refractivity contribution in [1.82, 2.24) is 0 Å². The number of rotatable bonds is 7. The molecule has 0 amide bonds. The molecule has 0 aromatic heterocycles. The van der Waals surface area contributed by atoms with Crippen LogP contribution in [0.5, 0.6) is 11.5 Å². The molecule has 0 fully saturated rings. The van der Waals surface area contributed by atoms with Crippen LogP contribution in [0.3, 0.4) is 0 Å².